The summed E-state index contributed by atoms with van der Waals surface area (Å²) in [6.45, 7) is 6.20. The number of fused-ring (bicyclic) bond motifs is 1. The topological polar surface area (TPSA) is 39.1 Å². The third-order valence-corrected chi connectivity index (χ3v) is 3.82. The Hall–Kier alpha value is -1.29. The number of sulfone groups is 1. The molecule has 0 bridgehead atoms. The molecule has 2 rings (SSSR count). The van der Waals surface area contributed by atoms with Crippen molar-refractivity contribution in [2.45, 2.75) is 32.6 Å². The van der Waals surface area contributed by atoms with Crippen LogP contribution < -0.4 is 0 Å². The second-order valence-electron chi connectivity index (χ2n) is 5.23. The maximum absolute atomic E-state index is 11.5. The maximum Gasteiger partial charge on any atom is 0.153 e. The van der Waals surface area contributed by atoms with Crippen LogP contribution in [-0.4, -0.2) is 19.2 Å². The first-order valence-electron chi connectivity index (χ1n) is 6.06. The van der Waals surface area contributed by atoms with E-state index < -0.39 is 9.84 Å². The Morgan fingerprint density at radius 1 is 1.22 bits per heavy atom. The van der Waals surface area contributed by atoms with Gasteiger partial charge >= 0.3 is 0 Å². The number of benzene rings is 1. The van der Waals surface area contributed by atoms with E-state index in [2.05, 4.69) is 36.6 Å². The van der Waals surface area contributed by atoms with E-state index in [9.17, 15) is 8.42 Å². The quantitative estimate of drug-likeness (QED) is 0.855. The van der Waals surface area contributed by atoms with Crippen molar-refractivity contribution in [1.29, 1.82) is 0 Å². The number of hydrogen-bond acceptors (Lipinski definition) is 2. The molecule has 0 fully saturated rings. The van der Waals surface area contributed by atoms with E-state index in [0.717, 1.165) is 16.6 Å². The molecular weight excluding hydrogens is 246 g/mol. The van der Waals surface area contributed by atoms with Gasteiger partial charge in [0.15, 0.2) is 9.84 Å². The van der Waals surface area contributed by atoms with Gasteiger partial charge in [0.25, 0.3) is 0 Å². The van der Waals surface area contributed by atoms with Gasteiger partial charge in [-0.25, -0.2) is 8.42 Å². The van der Waals surface area contributed by atoms with E-state index in [0.29, 0.717) is 0 Å². The van der Waals surface area contributed by atoms with Crippen molar-refractivity contribution >= 4 is 20.7 Å². The van der Waals surface area contributed by atoms with E-state index in [-0.39, 0.29) is 11.8 Å². The highest BCUT2D eigenvalue weighted by molar-refractivity contribution is 7.89. The molecule has 3 nitrogen and oxygen atoms in total. The maximum atomic E-state index is 11.5. The summed E-state index contributed by atoms with van der Waals surface area (Å²) in [5.41, 5.74) is 3.17. The van der Waals surface area contributed by atoms with Crippen molar-refractivity contribution in [2.75, 3.05) is 6.26 Å². The summed E-state index contributed by atoms with van der Waals surface area (Å²) in [7, 11) is -3.01. The smallest absolute Gasteiger partial charge is 0.153 e. The van der Waals surface area contributed by atoms with Gasteiger partial charge in [-0.3, -0.25) is 0 Å². The molecule has 0 aliphatic carbocycles. The van der Waals surface area contributed by atoms with E-state index in [1.54, 1.807) is 0 Å². The zero-order valence-electron chi connectivity index (χ0n) is 11.3. The van der Waals surface area contributed by atoms with Crippen molar-refractivity contribution < 1.29 is 8.42 Å². The van der Waals surface area contributed by atoms with Gasteiger partial charge in [0.05, 0.1) is 5.75 Å². The molecule has 0 aliphatic rings. The molecule has 0 spiro atoms. The molecule has 4 heteroatoms. The zero-order chi connectivity index (χ0) is 13.5. The predicted molar refractivity (Wildman–Crippen MR) is 75.6 cm³/mol. The predicted octanol–water partition coefficient (Wildman–Crippen LogP) is 3.08. The van der Waals surface area contributed by atoms with E-state index in [1.807, 2.05) is 13.0 Å². The van der Waals surface area contributed by atoms with Crippen LogP contribution in [0, 0.1) is 6.92 Å². The molecular formula is C14H19NO2S. The number of nitrogens with zero attached hydrogens (tertiary/aromatic N) is 1. The lowest BCUT2D eigenvalue weighted by Gasteiger charge is -2.14. The van der Waals surface area contributed by atoms with E-state index in [1.165, 1.54) is 11.8 Å². The van der Waals surface area contributed by atoms with Crippen LogP contribution in [0.5, 0.6) is 0 Å². The summed E-state index contributed by atoms with van der Waals surface area (Å²) >= 11 is 0. The SMILES string of the molecule is Cc1ccc2cc(CS(C)(=O)=O)n(C(C)C)c2c1. The lowest BCUT2D eigenvalue weighted by molar-refractivity contribution is 0.585. The minimum Gasteiger partial charge on any atom is -0.341 e. The molecule has 0 N–H and O–H groups in total. The summed E-state index contributed by atoms with van der Waals surface area (Å²) in [6, 6.07) is 8.45. The van der Waals surface area contributed by atoms with Crippen molar-refractivity contribution in [3.8, 4) is 0 Å². The van der Waals surface area contributed by atoms with Gasteiger partial charge in [-0.15, -0.1) is 0 Å². The first-order chi connectivity index (χ1) is 8.28. The summed E-state index contributed by atoms with van der Waals surface area (Å²) in [5, 5.41) is 1.10. The number of rotatable bonds is 3. The second-order valence-corrected chi connectivity index (χ2v) is 7.37. The summed E-state index contributed by atoms with van der Waals surface area (Å²) in [4.78, 5) is 0. The highest BCUT2D eigenvalue weighted by atomic mass is 32.2. The van der Waals surface area contributed by atoms with Gasteiger partial charge in [0.2, 0.25) is 0 Å². The number of hydrogen-bond donors (Lipinski definition) is 0. The molecule has 1 heterocycles. The molecule has 0 amide bonds. The Labute approximate surface area is 108 Å². The first kappa shape index (κ1) is 13.1. The zero-order valence-corrected chi connectivity index (χ0v) is 12.1. The molecule has 18 heavy (non-hydrogen) atoms. The van der Waals surface area contributed by atoms with Crippen molar-refractivity contribution in [2.24, 2.45) is 0 Å². The Balaban J connectivity index is 2.69. The summed E-state index contributed by atoms with van der Waals surface area (Å²) in [5.74, 6) is 0.0961. The third-order valence-electron chi connectivity index (χ3n) is 3.00. The number of aromatic nitrogens is 1. The van der Waals surface area contributed by atoms with Gasteiger partial charge in [-0.05, 0) is 43.9 Å². The highest BCUT2D eigenvalue weighted by Crippen LogP contribution is 2.26. The van der Waals surface area contributed by atoms with Crippen LogP contribution in [0.3, 0.4) is 0 Å². The minimum absolute atomic E-state index is 0.0961. The lowest BCUT2D eigenvalue weighted by Crippen LogP contribution is -2.10. The van der Waals surface area contributed by atoms with Crippen LogP contribution >= 0.6 is 0 Å². The molecule has 0 unspecified atom stereocenters. The third kappa shape index (κ3) is 2.58. The Bertz CT molecular complexity index is 681. The van der Waals surface area contributed by atoms with Gasteiger partial charge < -0.3 is 4.57 Å². The van der Waals surface area contributed by atoms with Crippen molar-refractivity contribution in [1.82, 2.24) is 4.57 Å². The van der Waals surface area contributed by atoms with Crippen LogP contribution in [0.2, 0.25) is 0 Å². The molecule has 98 valence electrons. The molecule has 0 saturated heterocycles. The summed E-state index contributed by atoms with van der Waals surface area (Å²) in [6.07, 6.45) is 1.28. The minimum atomic E-state index is -3.01. The molecule has 2 aromatic rings. The van der Waals surface area contributed by atoms with Crippen molar-refractivity contribution in [3.05, 3.63) is 35.5 Å². The molecule has 0 aliphatic heterocycles. The van der Waals surface area contributed by atoms with Crippen LogP contribution in [0.25, 0.3) is 10.9 Å². The van der Waals surface area contributed by atoms with Crippen LogP contribution in [0.1, 0.15) is 31.1 Å². The van der Waals surface area contributed by atoms with E-state index in [4.69, 9.17) is 0 Å². The fourth-order valence-corrected chi connectivity index (χ4v) is 3.14. The van der Waals surface area contributed by atoms with Gasteiger partial charge in [0, 0.05) is 23.5 Å². The molecule has 1 aromatic carbocycles. The molecule has 1 aromatic heterocycles. The van der Waals surface area contributed by atoms with Gasteiger partial charge in [-0.1, -0.05) is 12.1 Å². The molecule has 0 radical (unpaired) electrons. The molecule has 0 saturated carbocycles. The van der Waals surface area contributed by atoms with Crippen LogP contribution in [-0.2, 0) is 15.6 Å². The van der Waals surface area contributed by atoms with Crippen LogP contribution in [0.15, 0.2) is 24.3 Å². The van der Waals surface area contributed by atoms with Crippen LogP contribution in [0.4, 0.5) is 0 Å². The lowest BCUT2D eigenvalue weighted by atomic mass is 10.2. The summed E-state index contributed by atoms with van der Waals surface area (Å²) < 4.78 is 25.1. The Morgan fingerprint density at radius 2 is 1.89 bits per heavy atom. The van der Waals surface area contributed by atoms with E-state index >= 15 is 0 Å². The molecule has 0 atom stereocenters. The fraction of sp³-hybridized carbons (Fsp3) is 0.429. The average molecular weight is 265 g/mol. The fourth-order valence-electron chi connectivity index (χ4n) is 2.38. The largest absolute Gasteiger partial charge is 0.341 e. The standard InChI is InChI=1S/C14H19NO2S/c1-10(2)15-13(9-18(4,16)17)8-12-6-5-11(3)7-14(12)15/h5-8,10H,9H2,1-4H3. The second kappa shape index (κ2) is 4.43. The van der Waals surface area contributed by atoms with Gasteiger partial charge in [0.1, 0.15) is 0 Å². The van der Waals surface area contributed by atoms with Crippen molar-refractivity contribution in [3.63, 3.8) is 0 Å². The monoisotopic (exact) mass is 265 g/mol. The Kier molecular flexibility index (Phi) is 3.23. The van der Waals surface area contributed by atoms with Gasteiger partial charge in [-0.2, -0.15) is 0 Å². The highest BCUT2D eigenvalue weighted by Gasteiger charge is 2.15. The average Bonchev–Trinajstić information content (AvgIpc) is 2.51. The Morgan fingerprint density at radius 3 is 2.44 bits per heavy atom. The first-order valence-corrected chi connectivity index (χ1v) is 8.12. The normalized spacial score (nSPS) is 12.5. The number of aryl methyl sites for hydroxylation is 1.